The Morgan fingerprint density at radius 3 is 3.00 bits per heavy atom. The molecule has 1 aromatic carbocycles. The minimum atomic E-state index is -0.181. The van der Waals surface area contributed by atoms with Crippen LogP contribution in [0.1, 0.15) is 30.4 Å². The summed E-state index contributed by atoms with van der Waals surface area (Å²) in [5.74, 6) is -0.181. The molecule has 0 radical (unpaired) electrons. The minimum Gasteiger partial charge on any atom is -0.353 e. The topological polar surface area (TPSA) is 18.5 Å². The summed E-state index contributed by atoms with van der Waals surface area (Å²) < 4.78 is 24.4. The van der Waals surface area contributed by atoms with Crippen molar-refractivity contribution in [2.24, 2.45) is 0 Å². The molecular weight excluding hydrogens is 287 g/mol. The van der Waals surface area contributed by atoms with Gasteiger partial charge < -0.3 is 9.47 Å². The third-order valence-corrected chi connectivity index (χ3v) is 3.43. The molecule has 17 heavy (non-hydrogen) atoms. The van der Waals surface area contributed by atoms with Crippen molar-refractivity contribution in [2.75, 3.05) is 6.61 Å². The second kappa shape index (κ2) is 6.47. The smallest absolute Gasteiger partial charge is 0.158 e. The van der Waals surface area contributed by atoms with Crippen molar-refractivity contribution in [3.63, 3.8) is 0 Å². The lowest BCUT2D eigenvalue weighted by Crippen LogP contribution is -2.22. The van der Waals surface area contributed by atoms with E-state index in [2.05, 4.69) is 15.9 Å². The standard InChI is InChI=1S/C13H16BrFO2/c14-8-11-7-10(4-5-12(11)15)9-17-13-3-1-2-6-16-13/h4-5,7,13H,1-3,6,8-9H2. The van der Waals surface area contributed by atoms with Crippen molar-refractivity contribution >= 4 is 15.9 Å². The molecule has 0 aliphatic carbocycles. The summed E-state index contributed by atoms with van der Waals surface area (Å²) in [7, 11) is 0. The minimum absolute atomic E-state index is 0.0961. The van der Waals surface area contributed by atoms with Crippen LogP contribution in [0.15, 0.2) is 18.2 Å². The maximum absolute atomic E-state index is 13.3. The first-order chi connectivity index (χ1) is 8.29. The van der Waals surface area contributed by atoms with Gasteiger partial charge in [0, 0.05) is 11.9 Å². The Morgan fingerprint density at radius 1 is 1.41 bits per heavy atom. The zero-order chi connectivity index (χ0) is 12.1. The highest BCUT2D eigenvalue weighted by Gasteiger charge is 2.14. The highest BCUT2D eigenvalue weighted by molar-refractivity contribution is 9.08. The summed E-state index contributed by atoms with van der Waals surface area (Å²) in [6, 6.07) is 5.06. The van der Waals surface area contributed by atoms with Gasteiger partial charge in [0.25, 0.3) is 0 Å². The van der Waals surface area contributed by atoms with Gasteiger partial charge in [0.1, 0.15) is 5.82 Å². The van der Waals surface area contributed by atoms with Crippen LogP contribution in [0.2, 0.25) is 0 Å². The van der Waals surface area contributed by atoms with Crippen LogP contribution in [0.3, 0.4) is 0 Å². The zero-order valence-electron chi connectivity index (χ0n) is 9.62. The molecule has 1 fully saturated rings. The molecule has 2 nitrogen and oxygen atoms in total. The van der Waals surface area contributed by atoms with Crippen molar-refractivity contribution in [1.29, 1.82) is 0 Å². The average molecular weight is 303 g/mol. The average Bonchev–Trinajstić information content (AvgIpc) is 2.39. The number of ether oxygens (including phenoxy) is 2. The highest BCUT2D eigenvalue weighted by atomic mass is 79.9. The second-order valence-electron chi connectivity index (χ2n) is 4.17. The molecule has 94 valence electrons. The van der Waals surface area contributed by atoms with Gasteiger partial charge in [-0.15, -0.1) is 0 Å². The molecule has 1 saturated heterocycles. The molecule has 1 unspecified atom stereocenters. The van der Waals surface area contributed by atoms with Crippen molar-refractivity contribution in [2.45, 2.75) is 37.5 Å². The van der Waals surface area contributed by atoms with E-state index in [1.54, 1.807) is 6.07 Å². The summed E-state index contributed by atoms with van der Waals surface area (Å²) in [4.78, 5) is 0. The SMILES string of the molecule is Fc1ccc(COC2CCCCO2)cc1CBr. The van der Waals surface area contributed by atoms with Gasteiger partial charge in [0.05, 0.1) is 6.61 Å². The molecule has 1 atom stereocenters. The van der Waals surface area contributed by atoms with E-state index in [-0.39, 0.29) is 12.1 Å². The molecule has 4 heteroatoms. The van der Waals surface area contributed by atoms with Gasteiger partial charge in [-0.1, -0.05) is 22.0 Å². The summed E-state index contributed by atoms with van der Waals surface area (Å²) in [6.45, 7) is 1.26. The largest absolute Gasteiger partial charge is 0.353 e. The summed E-state index contributed by atoms with van der Waals surface area (Å²) >= 11 is 3.26. The molecule has 0 aromatic heterocycles. The summed E-state index contributed by atoms with van der Waals surface area (Å²) in [5.41, 5.74) is 1.64. The van der Waals surface area contributed by atoms with Crippen LogP contribution in [0.5, 0.6) is 0 Å². The lowest BCUT2D eigenvalue weighted by Gasteiger charge is -2.22. The van der Waals surface area contributed by atoms with Gasteiger partial charge in [-0.25, -0.2) is 4.39 Å². The van der Waals surface area contributed by atoms with E-state index in [1.165, 1.54) is 6.07 Å². The van der Waals surface area contributed by atoms with E-state index in [4.69, 9.17) is 9.47 Å². The van der Waals surface area contributed by atoms with Crippen molar-refractivity contribution in [3.8, 4) is 0 Å². The lowest BCUT2D eigenvalue weighted by molar-refractivity contribution is -0.168. The molecule has 1 heterocycles. The van der Waals surface area contributed by atoms with Crippen LogP contribution in [-0.4, -0.2) is 12.9 Å². The Labute approximate surface area is 109 Å². The number of halogens is 2. The molecule has 1 aliphatic heterocycles. The van der Waals surface area contributed by atoms with E-state index >= 15 is 0 Å². The Morgan fingerprint density at radius 2 is 2.29 bits per heavy atom. The van der Waals surface area contributed by atoms with Crippen molar-refractivity contribution < 1.29 is 13.9 Å². The molecule has 2 rings (SSSR count). The Hall–Kier alpha value is -0.450. The van der Waals surface area contributed by atoms with Gasteiger partial charge in [0.15, 0.2) is 6.29 Å². The van der Waals surface area contributed by atoms with Gasteiger partial charge in [-0.2, -0.15) is 0 Å². The third kappa shape index (κ3) is 3.76. The van der Waals surface area contributed by atoms with Crippen LogP contribution in [0.25, 0.3) is 0 Å². The first kappa shape index (κ1) is 13.0. The van der Waals surface area contributed by atoms with Crippen LogP contribution < -0.4 is 0 Å². The third-order valence-electron chi connectivity index (χ3n) is 2.83. The number of hydrogen-bond donors (Lipinski definition) is 0. The first-order valence-electron chi connectivity index (χ1n) is 5.86. The Balaban J connectivity index is 1.89. The summed E-state index contributed by atoms with van der Waals surface area (Å²) in [5, 5.41) is 0.520. The first-order valence-corrected chi connectivity index (χ1v) is 6.98. The van der Waals surface area contributed by atoms with Gasteiger partial charge in [-0.3, -0.25) is 0 Å². The monoisotopic (exact) mass is 302 g/mol. The van der Waals surface area contributed by atoms with Gasteiger partial charge in [0.2, 0.25) is 0 Å². The quantitative estimate of drug-likeness (QED) is 0.788. The van der Waals surface area contributed by atoms with Gasteiger partial charge >= 0.3 is 0 Å². The Bertz CT molecular complexity index is 364. The van der Waals surface area contributed by atoms with E-state index < -0.39 is 0 Å². The predicted octanol–water partition coefficient (Wildman–Crippen LogP) is 3.76. The molecule has 1 aliphatic rings. The molecule has 0 bridgehead atoms. The zero-order valence-corrected chi connectivity index (χ0v) is 11.2. The molecule has 0 saturated carbocycles. The maximum atomic E-state index is 13.3. The molecular formula is C13H16BrFO2. The van der Waals surface area contributed by atoms with Crippen LogP contribution in [-0.2, 0) is 21.4 Å². The lowest BCUT2D eigenvalue weighted by atomic mass is 10.1. The van der Waals surface area contributed by atoms with Crippen LogP contribution >= 0.6 is 15.9 Å². The number of benzene rings is 1. The van der Waals surface area contributed by atoms with Crippen LogP contribution in [0.4, 0.5) is 4.39 Å². The fraction of sp³-hybridized carbons (Fsp3) is 0.538. The number of rotatable bonds is 4. The summed E-state index contributed by atoms with van der Waals surface area (Å²) in [6.07, 6.45) is 3.12. The number of hydrogen-bond acceptors (Lipinski definition) is 2. The Kier molecular flexibility index (Phi) is 4.95. The molecule has 1 aromatic rings. The highest BCUT2D eigenvalue weighted by Crippen LogP contribution is 2.18. The van der Waals surface area contributed by atoms with Crippen LogP contribution in [0, 0.1) is 5.82 Å². The molecule has 0 N–H and O–H groups in total. The van der Waals surface area contributed by atoms with E-state index in [1.807, 2.05) is 6.07 Å². The van der Waals surface area contributed by atoms with E-state index in [0.717, 1.165) is 31.4 Å². The molecule has 0 amide bonds. The predicted molar refractivity (Wildman–Crippen MR) is 67.4 cm³/mol. The van der Waals surface area contributed by atoms with E-state index in [0.29, 0.717) is 17.5 Å². The van der Waals surface area contributed by atoms with Crippen molar-refractivity contribution in [3.05, 3.63) is 35.1 Å². The maximum Gasteiger partial charge on any atom is 0.158 e. The number of alkyl halides is 1. The fourth-order valence-electron chi connectivity index (χ4n) is 1.85. The van der Waals surface area contributed by atoms with E-state index in [9.17, 15) is 4.39 Å². The second-order valence-corrected chi connectivity index (χ2v) is 4.73. The fourth-order valence-corrected chi connectivity index (χ4v) is 2.28. The van der Waals surface area contributed by atoms with Gasteiger partial charge in [-0.05, 0) is 42.5 Å². The normalized spacial score (nSPS) is 20.5. The van der Waals surface area contributed by atoms with Crippen molar-refractivity contribution in [1.82, 2.24) is 0 Å². The molecule has 0 spiro atoms.